The second kappa shape index (κ2) is 8.95. The highest BCUT2D eigenvalue weighted by Gasteiger charge is 2.28. The summed E-state index contributed by atoms with van der Waals surface area (Å²) in [7, 11) is 2.97. The van der Waals surface area contributed by atoms with Gasteiger partial charge < -0.3 is 14.5 Å². The molecule has 3 rings (SSSR count). The number of carbonyl (C=O) groups excluding carboxylic acids is 2. The Labute approximate surface area is 171 Å². The van der Waals surface area contributed by atoms with Gasteiger partial charge in [-0.05, 0) is 56.0 Å². The summed E-state index contributed by atoms with van der Waals surface area (Å²) in [6.07, 6.45) is 1.08. The van der Waals surface area contributed by atoms with Crippen molar-refractivity contribution in [2.45, 2.75) is 32.6 Å². The molecule has 0 fully saturated rings. The van der Waals surface area contributed by atoms with E-state index in [-0.39, 0.29) is 11.7 Å². The van der Waals surface area contributed by atoms with E-state index in [0.29, 0.717) is 12.8 Å². The van der Waals surface area contributed by atoms with E-state index in [2.05, 4.69) is 24.0 Å². The molecule has 29 heavy (non-hydrogen) atoms. The number of hydrogen-bond donors (Lipinski definition) is 1. The molecule has 0 radical (unpaired) electrons. The molecule has 2 unspecified atom stereocenters. The Morgan fingerprint density at radius 3 is 2.31 bits per heavy atom. The third-order valence-electron chi connectivity index (χ3n) is 5.53. The lowest BCUT2D eigenvalue weighted by molar-refractivity contribution is -0.149. The average Bonchev–Trinajstić information content (AvgIpc) is 3.06. The number of Topliss-reactive ketones (excluding diaryl/α,β-unsaturated/α-hetero) is 1. The molecule has 2 aromatic carbocycles. The van der Waals surface area contributed by atoms with Gasteiger partial charge in [-0.3, -0.25) is 9.59 Å². The number of aromatic amines is 1. The minimum Gasteiger partial charge on any atom is -0.497 e. The van der Waals surface area contributed by atoms with Crippen molar-refractivity contribution in [3.05, 3.63) is 65.4 Å². The molecule has 1 aromatic heterocycles. The Hall–Kier alpha value is -3.08. The summed E-state index contributed by atoms with van der Waals surface area (Å²) >= 11 is 0. The molecular formula is C24H27NO4. The molecule has 0 aliphatic carbocycles. The normalized spacial score (nSPS) is 13.1. The predicted molar refractivity (Wildman–Crippen MR) is 113 cm³/mol. The number of nitrogens with one attached hydrogen (secondary N) is 1. The third-order valence-corrected chi connectivity index (χ3v) is 5.53. The van der Waals surface area contributed by atoms with Crippen LogP contribution in [0.5, 0.6) is 5.75 Å². The van der Waals surface area contributed by atoms with E-state index in [1.807, 2.05) is 36.4 Å². The van der Waals surface area contributed by atoms with Crippen LogP contribution in [-0.2, 0) is 14.3 Å². The molecule has 0 saturated carbocycles. The third kappa shape index (κ3) is 4.34. The predicted octanol–water partition coefficient (Wildman–Crippen LogP) is 4.78. The first-order chi connectivity index (χ1) is 14.0. The maximum Gasteiger partial charge on any atom is 0.316 e. The summed E-state index contributed by atoms with van der Waals surface area (Å²) in [5.41, 5.74) is 4.47. The Morgan fingerprint density at radius 1 is 1.00 bits per heavy atom. The summed E-state index contributed by atoms with van der Waals surface area (Å²) in [5.74, 6) is -0.559. The van der Waals surface area contributed by atoms with Crippen LogP contribution in [0.1, 0.15) is 42.5 Å². The molecule has 3 aromatic rings. The first kappa shape index (κ1) is 20.6. The zero-order valence-corrected chi connectivity index (χ0v) is 17.3. The maximum atomic E-state index is 12.1. The van der Waals surface area contributed by atoms with Gasteiger partial charge in [0, 0.05) is 22.5 Å². The molecule has 0 spiro atoms. The zero-order chi connectivity index (χ0) is 21.0. The minimum atomic E-state index is -0.744. The second-order valence-electron chi connectivity index (χ2n) is 7.30. The number of fused-ring (bicyclic) bond motifs is 1. The summed E-state index contributed by atoms with van der Waals surface area (Å²) in [6, 6.07) is 16.2. The van der Waals surface area contributed by atoms with Crippen LogP contribution in [0.25, 0.3) is 10.9 Å². The van der Waals surface area contributed by atoms with Crippen LogP contribution in [0.2, 0.25) is 0 Å². The van der Waals surface area contributed by atoms with Crippen LogP contribution < -0.4 is 4.74 Å². The Bertz CT molecular complexity index is 1000. The SMILES string of the molecule is COC(=O)C(CCC(c1ccc(OC)cc1)c1c(C)[nH]c2ccccc12)C(C)=O. The number of H-pyrrole nitrogens is 1. The number of benzene rings is 2. The van der Waals surface area contributed by atoms with E-state index >= 15 is 0 Å². The van der Waals surface area contributed by atoms with Gasteiger partial charge in [0.1, 0.15) is 17.5 Å². The topological polar surface area (TPSA) is 68.4 Å². The highest BCUT2D eigenvalue weighted by Crippen LogP contribution is 2.38. The van der Waals surface area contributed by atoms with E-state index in [9.17, 15) is 9.59 Å². The van der Waals surface area contributed by atoms with Crippen molar-refractivity contribution >= 4 is 22.7 Å². The van der Waals surface area contributed by atoms with E-state index in [0.717, 1.165) is 27.9 Å². The lowest BCUT2D eigenvalue weighted by Gasteiger charge is -2.21. The van der Waals surface area contributed by atoms with Gasteiger partial charge in [-0.25, -0.2) is 0 Å². The van der Waals surface area contributed by atoms with Crippen molar-refractivity contribution in [1.82, 2.24) is 4.98 Å². The lowest BCUT2D eigenvalue weighted by Crippen LogP contribution is -2.24. The number of ketones is 1. The fourth-order valence-corrected chi connectivity index (χ4v) is 4.02. The maximum absolute atomic E-state index is 12.1. The van der Waals surface area contributed by atoms with Gasteiger partial charge >= 0.3 is 5.97 Å². The van der Waals surface area contributed by atoms with Crippen LogP contribution >= 0.6 is 0 Å². The Balaban J connectivity index is 2.03. The fourth-order valence-electron chi connectivity index (χ4n) is 4.02. The van der Waals surface area contributed by atoms with Gasteiger partial charge in [0.05, 0.1) is 14.2 Å². The van der Waals surface area contributed by atoms with E-state index in [1.54, 1.807) is 7.11 Å². The number of carbonyl (C=O) groups is 2. The molecule has 0 saturated heterocycles. The number of aromatic nitrogens is 1. The largest absolute Gasteiger partial charge is 0.497 e. The van der Waals surface area contributed by atoms with Crippen LogP contribution in [0.4, 0.5) is 0 Å². The molecule has 0 aliphatic rings. The van der Waals surface area contributed by atoms with Gasteiger partial charge in [-0.15, -0.1) is 0 Å². The molecule has 1 N–H and O–H groups in total. The number of methoxy groups -OCH3 is 2. The molecule has 5 nitrogen and oxygen atoms in total. The van der Waals surface area contributed by atoms with Crippen molar-refractivity contribution in [3.8, 4) is 5.75 Å². The summed E-state index contributed by atoms with van der Waals surface area (Å²) in [4.78, 5) is 27.6. The summed E-state index contributed by atoms with van der Waals surface area (Å²) in [6.45, 7) is 3.51. The first-order valence-corrected chi connectivity index (χ1v) is 9.75. The van der Waals surface area contributed by atoms with Gasteiger partial charge in [0.15, 0.2) is 0 Å². The number of ether oxygens (including phenoxy) is 2. The quantitative estimate of drug-likeness (QED) is 0.442. The summed E-state index contributed by atoms with van der Waals surface area (Å²) in [5, 5.41) is 1.16. The standard InChI is InChI=1S/C24H27NO4/c1-15-23(21-7-5-6-8-22(21)25-15)20(17-9-11-18(28-3)12-10-17)14-13-19(16(2)26)24(27)29-4/h5-12,19-20,25H,13-14H2,1-4H3. The lowest BCUT2D eigenvalue weighted by atomic mass is 9.83. The number of rotatable bonds is 8. The monoisotopic (exact) mass is 393 g/mol. The van der Waals surface area contributed by atoms with Gasteiger partial charge in [0.2, 0.25) is 0 Å². The van der Waals surface area contributed by atoms with Gasteiger partial charge in [0.25, 0.3) is 0 Å². The first-order valence-electron chi connectivity index (χ1n) is 9.75. The molecule has 2 atom stereocenters. The van der Waals surface area contributed by atoms with E-state index in [1.165, 1.54) is 19.6 Å². The van der Waals surface area contributed by atoms with Crippen LogP contribution in [0.3, 0.4) is 0 Å². The Kier molecular flexibility index (Phi) is 6.37. The van der Waals surface area contributed by atoms with Gasteiger partial charge in [-0.2, -0.15) is 0 Å². The highest BCUT2D eigenvalue weighted by atomic mass is 16.5. The zero-order valence-electron chi connectivity index (χ0n) is 17.3. The number of para-hydroxylation sites is 1. The van der Waals surface area contributed by atoms with Crippen molar-refractivity contribution in [2.24, 2.45) is 5.92 Å². The average molecular weight is 393 g/mol. The Morgan fingerprint density at radius 2 is 1.69 bits per heavy atom. The smallest absolute Gasteiger partial charge is 0.316 e. The summed E-state index contributed by atoms with van der Waals surface area (Å²) < 4.78 is 10.1. The van der Waals surface area contributed by atoms with Crippen LogP contribution in [0, 0.1) is 12.8 Å². The fraction of sp³-hybridized carbons (Fsp3) is 0.333. The molecular weight excluding hydrogens is 366 g/mol. The van der Waals surface area contributed by atoms with Crippen molar-refractivity contribution < 1.29 is 19.1 Å². The molecule has 0 amide bonds. The molecule has 152 valence electrons. The molecule has 0 bridgehead atoms. The molecule has 1 heterocycles. The second-order valence-corrected chi connectivity index (χ2v) is 7.30. The number of esters is 1. The van der Waals surface area contributed by atoms with Crippen molar-refractivity contribution in [2.75, 3.05) is 14.2 Å². The number of aryl methyl sites for hydroxylation is 1. The van der Waals surface area contributed by atoms with E-state index in [4.69, 9.17) is 9.47 Å². The molecule has 0 aliphatic heterocycles. The van der Waals surface area contributed by atoms with Gasteiger partial charge in [-0.1, -0.05) is 30.3 Å². The van der Waals surface area contributed by atoms with Crippen molar-refractivity contribution in [1.29, 1.82) is 0 Å². The number of hydrogen-bond acceptors (Lipinski definition) is 4. The van der Waals surface area contributed by atoms with Crippen LogP contribution in [0.15, 0.2) is 48.5 Å². The van der Waals surface area contributed by atoms with Crippen molar-refractivity contribution in [3.63, 3.8) is 0 Å². The van der Waals surface area contributed by atoms with Crippen LogP contribution in [-0.4, -0.2) is 31.0 Å². The minimum absolute atomic E-state index is 0.0311. The van der Waals surface area contributed by atoms with E-state index < -0.39 is 11.9 Å². The molecule has 5 heteroatoms. The highest BCUT2D eigenvalue weighted by molar-refractivity contribution is 5.97.